The Morgan fingerprint density at radius 2 is 2.25 bits per heavy atom. The third-order valence-corrected chi connectivity index (χ3v) is 4.47. The maximum absolute atomic E-state index is 10.2. The van der Waals surface area contributed by atoms with E-state index in [9.17, 15) is 5.11 Å². The molecule has 20 heavy (non-hydrogen) atoms. The van der Waals surface area contributed by atoms with Gasteiger partial charge in [0.2, 0.25) is 0 Å². The molecule has 112 valence electrons. The number of hydrogen-bond acceptors (Lipinski definition) is 3. The van der Waals surface area contributed by atoms with Gasteiger partial charge in [-0.25, -0.2) is 0 Å². The van der Waals surface area contributed by atoms with E-state index < -0.39 is 0 Å². The van der Waals surface area contributed by atoms with E-state index >= 15 is 0 Å². The Morgan fingerprint density at radius 1 is 1.40 bits per heavy atom. The molecule has 2 rings (SSSR count). The van der Waals surface area contributed by atoms with Crippen LogP contribution >= 0.6 is 0 Å². The van der Waals surface area contributed by atoms with E-state index in [1.54, 1.807) is 0 Å². The minimum Gasteiger partial charge on any atom is -0.393 e. The lowest BCUT2D eigenvalue weighted by atomic mass is 9.77. The quantitative estimate of drug-likeness (QED) is 0.867. The maximum Gasteiger partial charge on any atom is 0.0580 e. The molecule has 0 aromatic carbocycles. The number of aliphatic hydroxyl groups is 1. The van der Waals surface area contributed by atoms with Gasteiger partial charge in [-0.2, -0.15) is 0 Å². The lowest BCUT2D eigenvalue weighted by Gasteiger charge is -2.35. The standard InChI is InChI=1S/C17H28N2O/c1-3-5-14-7-8-17(20)16(10-14)13-19(2)12-15-6-4-9-18-11-15/h4,6,9,11,14,16-17,20H,3,5,7-8,10,12-13H2,1-2H3. The van der Waals surface area contributed by atoms with E-state index in [4.69, 9.17) is 0 Å². The lowest BCUT2D eigenvalue weighted by Crippen LogP contribution is -2.37. The summed E-state index contributed by atoms with van der Waals surface area (Å²) in [7, 11) is 2.14. The molecule has 0 spiro atoms. The van der Waals surface area contributed by atoms with E-state index in [0.717, 1.165) is 25.4 Å². The number of aromatic nitrogens is 1. The minimum atomic E-state index is -0.112. The summed E-state index contributed by atoms with van der Waals surface area (Å²) in [5.74, 6) is 1.25. The molecule has 1 aromatic heterocycles. The van der Waals surface area contributed by atoms with Crippen molar-refractivity contribution in [1.82, 2.24) is 9.88 Å². The highest BCUT2D eigenvalue weighted by atomic mass is 16.3. The van der Waals surface area contributed by atoms with Crippen LogP contribution in [0.25, 0.3) is 0 Å². The molecular weight excluding hydrogens is 248 g/mol. The molecule has 0 radical (unpaired) electrons. The number of nitrogens with zero attached hydrogens (tertiary/aromatic N) is 2. The van der Waals surface area contributed by atoms with Gasteiger partial charge < -0.3 is 10.0 Å². The van der Waals surface area contributed by atoms with Gasteiger partial charge in [0.15, 0.2) is 0 Å². The fourth-order valence-electron chi connectivity index (χ4n) is 3.48. The first kappa shape index (κ1) is 15.5. The second-order valence-electron chi connectivity index (χ2n) is 6.35. The first-order valence-electron chi connectivity index (χ1n) is 7.94. The van der Waals surface area contributed by atoms with Crippen molar-refractivity contribution in [2.45, 2.75) is 51.7 Å². The molecule has 1 aliphatic rings. The second-order valence-corrected chi connectivity index (χ2v) is 6.35. The highest BCUT2D eigenvalue weighted by molar-refractivity contribution is 5.08. The van der Waals surface area contributed by atoms with Gasteiger partial charge in [-0.3, -0.25) is 4.98 Å². The van der Waals surface area contributed by atoms with Crippen molar-refractivity contribution in [2.24, 2.45) is 11.8 Å². The van der Waals surface area contributed by atoms with E-state index in [-0.39, 0.29) is 6.10 Å². The summed E-state index contributed by atoms with van der Waals surface area (Å²) in [6, 6.07) is 4.09. The zero-order valence-electron chi connectivity index (χ0n) is 12.8. The number of hydrogen-bond donors (Lipinski definition) is 1. The van der Waals surface area contributed by atoms with Gasteiger partial charge in [-0.15, -0.1) is 0 Å². The van der Waals surface area contributed by atoms with E-state index in [0.29, 0.717) is 5.92 Å². The molecule has 0 amide bonds. The van der Waals surface area contributed by atoms with Gasteiger partial charge >= 0.3 is 0 Å². The van der Waals surface area contributed by atoms with Crippen LogP contribution in [0.4, 0.5) is 0 Å². The van der Waals surface area contributed by atoms with Crippen LogP contribution in [0.15, 0.2) is 24.5 Å². The smallest absolute Gasteiger partial charge is 0.0580 e. The first-order chi connectivity index (χ1) is 9.69. The van der Waals surface area contributed by atoms with Crippen LogP contribution in [-0.4, -0.2) is 34.7 Å². The average Bonchev–Trinajstić information content (AvgIpc) is 2.44. The van der Waals surface area contributed by atoms with Crippen molar-refractivity contribution >= 4 is 0 Å². The SMILES string of the molecule is CCCC1CCC(O)C(CN(C)Cc2cccnc2)C1. The van der Waals surface area contributed by atoms with Gasteiger partial charge in [0.05, 0.1) is 6.10 Å². The van der Waals surface area contributed by atoms with Crippen LogP contribution in [0.3, 0.4) is 0 Å². The molecule has 0 bridgehead atoms. The molecule has 0 aliphatic heterocycles. The summed E-state index contributed by atoms with van der Waals surface area (Å²) in [6.45, 7) is 4.15. The Labute approximate surface area is 123 Å². The highest BCUT2D eigenvalue weighted by Gasteiger charge is 2.29. The molecule has 1 heterocycles. The topological polar surface area (TPSA) is 36.4 Å². The minimum absolute atomic E-state index is 0.112. The Morgan fingerprint density at radius 3 is 2.95 bits per heavy atom. The summed E-state index contributed by atoms with van der Waals surface area (Å²) >= 11 is 0. The zero-order valence-corrected chi connectivity index (χ0v) is 12.8. The zero-order chi connectivity index (χ0) is 14.4. The molecule has 1 saturated carbocycles. The van der Waals surface area contributed by atoms with Gasteiger partial charge in [-0.1, -0.05) is 25.8 Å². The monoisotopic (exact) mass is 276 g/mol. The molecule has 1 aliphatic carbocycles. The summed E-state index contributed by atoms with van der Waals surface area (Å²) in [4.78, 5) is 6.48. The normalized spacial score (nSPS) is 26.9. The van der Waals surface area contributed by atoms with Gasteiger partial charge in [0.25, 0.3) is 0 Å². The van der Waals surface area contributed by atoms with Crippen molar-refractivity contribution in [1.29, 1.82) is 0 Å². The van der Waals surface area contributed by atoms with Crippen molar-refractivity contribution < 1.29 is 5.11 Å². The van der Waals surface area contributed by atoms with Crippen molar-refractivity contribution in [2.75, 3.05) is 13.6 Å². The van der Waals surface area contributed by atoms with Crippen LogP contribution in [0, 0.1) is 11.8 Å². The highest BCUT2D eigenvalue weighted by Crippen LogP contribution is 2.32. The van der Waals surface area contributed by atoms with Crippen molar-refractivity contribution in [3.05, 3.63) is 30.1 Å². The second kappa shape index (κ2) is 7.75. The number of rotatable bonds is 6. The van der Waals surface area contributed by atoms with Crippen LogP contribution in [0.1, 0.15) is 44.6 Å². The van der Waals surface area contributed by atoms with E-state index in [1.807, 2.05) is 18.5 Å². The van der Waals surface area contributed by atoms with Crippen LogP contribution in [0.5, 0.6) is 0 Å². The van der Waals surface area contributed by atoms with Crippen LogP contribution in [0.2, 0.25) is 0 Å². The fraction of sp³-hybridized carbons (Fsp3) is 0.706. The van der Waals surface area contributed by atoms with E-state index in [2.05, 4.69) is 29.9 Å². The summed E-state index contributed by atoms with van der Waals surface area (Å²) < 4.78 is 0. The summed E-state index contributed by atoms with van der Waals surface area (Å²) in [6.07, 6.45) is 9.58. The molecule has 1 aromatic rings. The average molecular weight is 276 g/mol. The van der Waals surface area contributed by atoms with Gasteiger partial charge in [0.1, 0.15) is 0 Å². The van der Waals surface area contributed by atoms with E-state index in [1.165, 1.54) is 31.2 Å². The summed E-state index contributed by atoms with van der Waals surface area (Å²) in [5.41, 5.74) is 1.24. The lowest BCUT2D eigenvalue weighted by molar-refractivity contribution is 0.0288. The predicted molar refractivity (Wildman–Crippen MR) is 82.3 cm³/mol. The predicted octanol–water partition coefficient (Wildman–Crippen LogP) is 3.09. The number of aliphatic hydroxyl groups excluding tert-OH is 1. The summed E-state index contributed by atoms with van der Waals surface area (Å²) in [5, 5.41) is 10.2. The van der Waals surface area contributed by atoms with Gasteiger partial charge in [-0.05, 0) is 49.8 Å². The molecule has 3 nitrogen and oxygen atoms in total. The Balaban J connectivity index is 1.84. The number of pyridine rings is 1. The van der Waals surface area contributed by atoms with Crippen LogP contribution < -0.4 is 0 Å². The molecule has 3 unspecified atom stereocenters. The molecule has 0 saturated heterocycles. The Bertz CT molecular complexity index is 382. The van der Waals surface area contributed by atoms with Gasteiger partial charge in [0, 0.05) is 25.5 Å². The Kier molecular flexibility index (Phi) is 5.99. The fourth-order valence-corrected chi connectivity index (χ4v) is 3.48. The maximum atomic E-state index is 10.2. The third kappa shape index (κ3) is 4.57. The Hall–Kier alpha value is -0.930. The third-order valence-electron chi connectivity index (χ3n) is 4.47. The van der Waals surface area contributed by atoms with Crippen molar-refractivity contribution in [3.63, 3.8) is 0 Å². The largest absolute Gasteiger partial charge is 0.393 e. The van der Waals surface area contributed by atoms with Crippen LogP contribution in [-0.2, 0) is 6.54 Å². The molecule has 1 N–H and O–H groups in total. The molecule has 3 heteroatoms. The molecular formula is C17H28N2O. The molecule has 3 atom stereocenters. The van der Waals surface area contributed by atoms with Crippen molar-refractivity contribution in [3.8, 4) is 0 Å². The first-order valence-corrected chi connectivity index (χ1v) is 7.94. The molecule has 1 fully saturated rings.